The number of benzene rings is 2. The van der Waals surface area contributed by atoms with Crippen LogP contribution in [-0.4, -0.2) is 32.0 Å². The summed E-state index contributed by atoms with van der Waals surface area (Å²) in [6, 6.07) is 24.2. The molecule has 0 unspecified atom stereocenters. The number of carbonyl (C=O) groups is 1. The van der Waals surface area contributed by atoms with E-state index in [4.69, 9.17) is 12.2 Å². The lowest BCUT2D eigenvalue weighted by Crippen LogP contribution is -2.33. The SMILES string of the molecule is CCc1ccccc1NC(=O)CCN1C(=S)N[C@@H](c2ccccn2)[C@H]1c1cc(C)n(-c2cccc(Br)c2)c1C. The van der Waals surface area contributed by atoms with E-state index in [9.17, 15) is 4.79 Å². The number of anilines is 1. The Bertz CT molecular complexity index is 1500. The summed E-state index contributed by atoms with van der Waals surface area (Å²) in [7, 11) is 0. The van der Waals surface area contributed by atoms with Gasteiger partial charge in [-0.2, -0.15) is 0 Å². The number of aryl methyl sites for hydroxylation is 2. The summed E-state index contributed by atoms with van der Waals surface area (Å²) in [5.41, 5.74) is 7.42. The van der Waals surface area contributed by atoms with Gasteiger partial charge >= 0.3 is 0 Å². The normalized spacial score (nSPS) is 16.8. The number of halogens is 1. The van der Waals surface area contributed by atoms with Gasteiger partial charge < -0.3 is 20.1 Å². The molecule has 0 bridgehead atoms. The Labute approximate surface area is 243 Å². The van der Waals surface area contributed by atoms with Crippen LogP contribution in [0.2, 0.25) is 0 Å². The number of hydrogen-bond donors (Lipinski definition) is 2. The highest BCUT2D eigenvalue weighted by molar-refractivity contribution is 9.10. The van der Waals surface area contributed by atoms with E-state index in [1.165, 1.54) is 0 Å². The van der Waals surface area contributed by atoms with Crippen molar-refractivity contribution in [3.63, 3.8) is 0 Å². The molecule has 0 radical (unpaired) electrons. The number of rotatable bonds is 8. The van der Waals surface area contributed by atoms with Crippen LogP contribution in [0.3, 0.4) is 0 Å². The third-order valence-electron chi connectivity index (χ3n) is 7.31. The maximum Gasteiger partial charge on any atom is 0.226 e. The molecule has 0 aliphatic carbocycles. The fourth-order valence-electron chi connectivity index (χ4n) is 5.47. The Morgan fingerprint density at radius 1 is 1.08 bits per heavy atom. The van der Waals surface area contributed by atoms with Gasteiger partial charge in [0, 0.05) is 46.4 Å². The molecule has 39 heavy (non-hydrogen) atoms. The molecule has 4 aromatic rings. The standard InChI is InChI=1S/C31H32BrN5OS/c1-4-22-10-5-6-13-26(22)34-28(38)15-17-36-30(29(35-31(36)39)27-14-7-8-16-33-27)25-18-20(2)37(21(25)3)24-12-9-11-23(32)19-24/h5-14,16,18-19,29-30H,4,15,17H2,1-3H3,(H,34,38)(H,35,39)/t29-,30+/m0/s1. The second-order valence-electron chi connectivity index (χ2n) is 9.77. The highest BCUT2D eigenvalue weighted by atomic mass is 79.9. The Morgan fingerprint density at radius 3 is 2.62 bits per heavy atom. The molecule has 2 aromatic carbocycles. The van der Waals surface area contributed by atoms with Crippen LogP contribution in [0.15, 0.2) is 83.5 Å². The summed E-state index contributed by atoms with van der Waals surface area (Å²) in [5.74, 6) is -0.0293. The van der Waals surface area contributed by atoms with E-state index in [2.05, 4.69) is 80.0 Å². The molecule has 5 rings (SSSR count). The van der Waals surface area contributed by atoms with Crippen molar-refractivity contribution in [2.24, 2.45) is 0 Å². The monoisotopic (exact) mass is 601 g/mol. The lowest BCUT2D eigenvalue weighted by atomic mass is 9.96. The third kappa shape index (κ3) is 5.63. The minimum Gasteiger partial charge on any atom is -0.352 e. The average molecular weight is 603 g/mol. The first-order chi connectivity index (χ1) is 18.9. The molecular weight excluding hydrogens is 570 g/mol. The van der Waals surface area contributed by atoms with Crippen molar-refractivity contribution < 1.29 is 4.79 Å². The lowest BCUT2D eigenvalue weighted by molar-refractivity contribution is -0.116. The van der Waals surface area contributed by atoms with Crippen molar-refractivity contribution in [2.75, 3.05) is 11.9 Å². The van der Waals surface area contributed by atoms with Crippen molar-refractivity contribution >= 4 is 44.9 Å². The molecular formula is C31H32BrN5OS. The van der Waals surface area contributed by atoms with Gasteiger partial charge in [0.2, 0.25) is 5.91 Å². The predicted octanol–water partition coefficient (Wildman–Crippen LogP) is 6.82. The van der Waals surface area contributed by atoms with E-state index in [-0.39, 0.29) is 18.0 Å². The van der Waals surface area contributed by atoms with Crippen LogP contribution in [0, 0.1) is 13.8 Å². The van der Waals surface area contributed by atoms with Gasteiger partial charge in [-0.25, -0.2) is 0 Å². The quantitative estimate of drug-likeness (QED) is 0.217. The zero-order chi connectivity index (χ0) is 27.5. The predicted molar refractivity (Wildman–Crippen MR) is 164 cm³/mol. The summed E-state index contributed by atoms with van der Waals surface area (Å²) in [4.78, 5) is 19.9. The second-order valence-corrected chi connectivity index (χ2v) is 11.1. The molecule has 2 aromatic heterocycles. The number of carbonyl (C=O) groups excluding carboxylic acids is 1. The van der Waals surface area contributed by atoms with Crippen molar-refractivity contribution in [3.8, 4) is 5.69 Å². The van der Waals surface area contributed by atoms with E-state index < -0.39 is 0 Å². The topological polar surface area (TPSA) is 62.2 Å². The van der Waals surface area contributed by atoms with Crippen LogP contribution in [0.1, 0.15) is 53.6 Å². The summed E-state index contributed by atoms with van der Waals surface area (Å²) < 4.78 is 3.30. The molecule has 8 heteroatoms. The molecule has 1 fully saturated rings. The Kier molecular flexibility index (Phi) is 8.14. The maximum absolute atomic E-state index is 13.1. The van der Waals surface area contributed by atoms with E-state index >= 15 is 0 Å². The molecule has 1 amide bonds. The van der Waals surface area contributed by atoms with Gasteiger partial charge in [-0.15, -0.1) is 0 Å². The van der Waals surface area contributed by atoms with Crippen LogP contribution in [0.5, 0.6) is 0 Å². The fourth-order valence-corrected chi connectivity index (χ4v) is 6.19. The number of thiocarbonyl (C=S) groups is 1. The largest absolute Gasteiger partial charge is 0.352 e. The van der Waals surface area contributed by atoms with Crippen LogP contribution in [0.25, 0.3) is 5.69 Å². The minimum absolute atomic E-state index is 0.0293. The number of nitrogens with zero attached hydrogens (tertiary/aromatic N) is 3. The summed E-state index contributed by atoms with van der Waals surface area (Å²) in [6.45, 7) is 6.84. The molecule has 1 aliphatic heterocycles. The van der Waals surface area contributed by atoms with Crippen molar-refractivity contribution in [2.45, 2.75) is 45.7 Å². The number of aromatic nitrogens is 2. The number of pyridine rings is 1. The van der Waals surface area contributed by atoms with E-state index in [1.54, 1.807) is 0 Å². The first-order valence-corrected chi connectivity index (χ1v) is 14.4. The number of para-hydroxylation sites is 1. The van der Waals surface area contributed by atoms with Gasteiger partial charge in [0.25, 0.3) is 0 Å². The van der Waals surface area contributed by atoms with Gasteiger partial charge in [0.05, 0.1) is 17.8 Å². The van der Waals surface area contributed by atoms with Gasteiger partial charge in [-0.1, -0.05) is 53.2 Å². The Balaban J connectivity index is 1.47. The maximum atomic E-state index is 13.1. The lowest BCUT2D eigenvalue weighted by Gasteiger charge is -2.28. The molecule has 1 aliphatic rings. The molecule has 2 atom stereocenters. The first kappa shape index (κ1) is 27.1. The van der Waals surface area contributed by atoms with Crippen molar-refractivity contribution in [1.82, 2.24) is 19.8 Å². The van der Waals surface area contributed by atoms with Gasteiger partial charge in [-0.3, -0.25) is 9.78 Å². The Morgan fingerprint density at radius 2 is 1.87 bits per heavy atom. The number of nitrogens with one attached hydrogen (secondary N) is 2. The molecule has 0 spiro atoms. The highest BCUT2D eigenvalue weighted by Crippen LogP contribution is 2.41. The van der Waals surface area contributed by atoms with E-state index in [1.807, 2.05) is 60.8 Å². The zero-order valence-corrected chi connectivity index (χ0v) is 24.7. The van der Waals surface area contributed by atoms with Crippen LogP contribution in [-0.2, 0) is 11.2 Å². The van der Waals surface area contributed by atoms with Crippen LogP contribution in [0.4, 0.5) is 5.69 Å². The van der Waals surface area contributed by atoms with E-state index in [0.29, 0.717) is 18.1 Å². The van der Waals surface area contributed by atoms with Gasteiger partial charge in [0.15, 0.2) is 5.11 Å². The smallest absolute Gasteiger partial charge is 0.226 e. The second kappa shape index (κ2) is 11.7. The van der Waals surface area contributed by atoms with Crippen LogP contribution < -0.4 is 10.6 Å². The molecule has 2 N–H and O–H groups in total. The summed E-state index contributed by atoms with van der Waals surface area (Å²) in [5, 5.41) is 7.24. The van der Waals surface area contributed by atoms with Gasteiger partial charge in [0.1, 0.15) is 0 Å². The molecule has 6 nitrogen and oxygen atoms in total. The fraction of sp³-hybridized carbons (Fsp3) is 0.258. The minimum atomic E-state index is -0.140. The molecule has 1 saturated heterocycles. The average Bonchev–Trinajstić information content (AvgIpc) is 3.42. The molecule has 200 valence electrons. The molecule has 3 heterocycles. The molecule has 0 saturated carbocycles. The number of hydrogen-bond acceptors (Lipinski definition) is 3. The van der Waals surface area contributed by atoms with Crippen molar-refractivity contribution in [3.05, 3.63) is 112 Å². The van der Waals surface area contributed by atoms with Gasteiger partial charge in [-0.05, 0) is 86.1 Å². The third-order valence-corrected chi connectivity index (χ3v) is 8.15. The zero-order valence-electron chi connectivity index (χ0n) is 22.3. The van der Waals surface area contributed by atoms with Crippen LogP contribution >= 0.6 is 28.1 Å². The summed E-state index contributed by atoms with van der Waals surface area (Å²) in [6.07, 6.45) is 2.98. The first-order valence-electron chi connectivity index (χ1n) is 13.2. The van der Waals surface area contributed by atoms with Crippen molar-refractivity contribution in [1.29, 1.82) is 0 Å². The van der Waals surface area contributed by atoms with E-state index in [0.717, 1.165) is 50.5 Å². The summed E-state index contributed by atoms with van der Waals surface area (Å²) >= 11 is 9.46. The highest BCUT2D eigenvalue weighted by Gasteiger charge is 2.41. The Hall–Kier alpha value is -3.49. The number of amides is 1.